The van der Waals surface area contributed by atoms with Crippen molar-refractivity contribution < 1.29 is 4.79 Å². The fourth-order valence-electron chi connectivity index (χ4n) is 2.67. The summed E-state index contributed by atoms with van der Waals surface area (Å²) in [7, 11) is 0. The molecule has 118 valence electrons. The lowest BCUT2D eigenvalue weighted by molar-refractivity contribution is -0.121. The number of nitrogens with two attached hydrogens (primary N) is 1. The van der Waals surface area contributed by atoms with E-state index in [4.69, 9.17) is 5.73 Å². The van der Waals surface area contributed by atoms with E-state index in [1.807, 2.05) is 12.4 Å². The van der Waals surface area contributed by atoms with Gasteiger partial charge in [0.15, 0.2) is 0 Å². The highest BCUT2D eigenvalue weighted by molar-refractivity contribution is 5.85. The molecule has 2 rings (SSSR count). The Morgan fingerprint density at radius 1 is 1.38 bits per heavy atom. The first-order chi connectivity index (χ1) is 9.79. The molecule has 0 spiro atoms. The Morgan fingerprint density at radius 2 is 2.14 bits per heavy atom. The topological polar surface area (TPSA) is 71.2 Å². The van der Waals surface area contributed by atoms with Gasteiger partial charge in [0.1, 0.15) is 0 Å². The molecule has 0 bridgehead atoms. The summed E-state index contributed by atoms with van der Waals surface area (Å²) < 4.78 is 0. The maximum Gasteiger partial charge on any atom is 0.221 e. The molecule has 1 atom stereocenters. The van der Waals surface area contributed by atoms with Gasteiger partial charge in [-0.25, -0.2) is 0 Å². The fraction of sp³-hybridized carbons (Fsp3) is 0.600. The number of rotatable bonds is 6. The van der Waals surface area contributed by atoms with Crippen molar-refractivity contribution in [1.29, 1.82) is 0 Å². The van der Waals surface area contributed by atoms with Crippen molar-refractivity contribution in [3.8, 4) is 0 Å². The first-order valence-corrected chi connectivity index (χ1v) is 7.39. The third-order valence-electron chi connectivity index (χ3n) is 3.79. The highest BCUT2D eigenvalue weighted by Gasteiger charge is 2.22. The zero-order valence-electron chi connectivity index (χ0n) is 12.3. The van der Waals surface area contributed by atoms with Gasteiger partial charge in [0.2, 0.25) is 5.91 Å². The monoisotopic (exact) mass is 312 g/mol. The minimum atomic E-state index is 0. The summed E-state index contributed by atoms with van der Waals surface area (Å²) in [5, 5.41) is 3.00. The van der Waals surface area contributed by atoms with Gasteiger partial charge >= 0.3 is 0 Å². The zero-order valence-corrected chi connectivity index (χ0v) is 13.1. The minimum absolute atomic E-state index is 0. The Morgan fingerprint density at radius 3 is 2.86 bits per heavy atom. The fourth-order valence-corrected chi connectivity index (χ4v) is 2.67. The van der Waals surface area contributed by atoms with E-state index in [-0.39, 0.29) is 18.3 Å². The molecule has 6 heteroatoms. The lowest BCUT2D eigenvalue weighted by Gasteiger charge is -2.35. The van der Waals surface area contributed by atoms with Crippen LogP contribution in [0.25, 0.3) is 0 Å². The summed E-state index contributed by atoms with van der Waals surface area (Å²) in [6.45, 7) is 3.17. The van der Waals surface area contributed by atoms with E-state index >= 15 is 0 Å². The molecule has 0 saturated carbocycles. The van der Waals surface area contributed by atoms with E-state index in [2.05, 4.69) is 27.3 Å². The SMILES string of the molecule is Cl.NCCC(=O)NCC1CCCCN1Cc1ccncc1. The molecule has 21 heavy (non-hydrogen) atoms. The molecule has 2 heterocycles. The quantitative estimate of drug-likeness (QED) is 0.831. The van der Waals surface area contributed by atoms with Gasteiger partial charge in [0.05, 0.1) is 0 Å². The number of amides is 1. The molecule has 1 aromatic rings. The van der Waals surface area contributed by atoms with E-state index in [9.17, 15) is 4.79 Å². The molecule has 1 fully saturated rings. The standard InChI is InChI=1S/C15H24N4O.ClH/c16-7-4-15(20)18-11-14-3-1-2-10-19(14)12-13-5-8-17-9-6-13;/h5-6,8-9,14H,1-4,7,10-12,16H2,(H,18,20);1H. The van der Waals surface area contributed by atoms with Crippen LogP contribution in [0.5, 0.6) is 0 Å². The molecular weight excluding hydrogens is 288 g/mol. The van der Waals surface area contributed by atoms with E-state index in [1.165, 1.54) is 18.4 Å². The van der Waals surface area contributed by atoms with Gasteiger partial charge in [-0.3, -0.25) is 14.7 Å². The molecule has 3 N–H and O–H groups in total. The predicted octanol–water partition coefficient (Wildman–Crippen LogP) is 1.32. The zero-order chi connectivity index (χ0) is 14.2. The van der Waals surface area contributed by atoms with Crippen LogP contribution in [0.4, 0.5) is 0 Å². The number of aromatic nitrogens is 1. The Hall–Kier alpha value is -1.17. The number of piperidine rings is 1. The highest BCUT2D eigenvalue weighted by Crippen LogP contribution is 2.19. The van der Waals surface area contributed by atoms with Crippen LogP contribution in [0.2, 0.25) is 0 Å². The number of hydrogen-bond acceptors (Lipinski definition) is 4. The van der Waals surface area contributed by atoms with Crippen LogP contribution < -0.4 is 11.1 Å². The summed E-state index contributed by atoms with van der Waals surface area (Å²) in [5.41, 5.74) is 6.67. The minimum Gasteiger partial charge on any atom is -0.354 e. The number of halogens is 1. The average molecular weight is 313 g/mol. The van der Waals surface area contributed by atoms with E-state index in [0.29, 0.717) is 19.0 Å². The van der Waals surface area contributed by atoms with Crippen molar-refractivity contribution in [2.75, 3.05) is 19.6 Å². The van der Waals surface area contributed by atoms with E-state index < -0.39 is 0 Å². The Balaban J connectivity index is 0.00000220. The molecule has 0 aliphatic carbocycles. The van der Waals surface area contributed by atoms with Gasteiger partial charge in [0.25, 0.3) is 0 Å². The highest BCUT2D eigenvalue weighted by atomic mass is 35.5. The van der Waals surface area contributed by atoms with Crippen LogP contribution in [-0.4, -0.2) is 41.5 Å². The van der Waals surface area contributed by atoms with E-state index in [1.54, 1.807) is 0 Å². The smallest absolute Gasteiger partial charge is 0.221 e. The molecule has 1 aliphatic rings. The van der Waals surface area contributed by atoms with Gasteiger partial charge in [-0.05, 0) is 37.1 Å². The molecule has 0 radical (unpaired) electrons. The predicted molar refractivity (Wildman–Crippen MR) is 86.2 cm³/mol. The maximum atomic E-state index is 11.5. The molecule has 1 aliphatic heterocycles. The number of nitrogens with zero attached hydrogens (tertiary/aromatic N) is 2. The molecule has 1 unspecified atom stereocenters. The Bertz CT molecular complexity index is 415. The number of carbonyl (C=O) groups excluding carboxylic acids is 1. The van der Waals surface area contributed by atoms with Crippen molar-refractivity contribution in [3.63, 3.8) is 0 Å². The lowest BCUT2D eigenvalue weighted by atomic mass is 10.0. The van der Waals surface area contributed by atoms with Gasteiger partial charge < -0.3 is 11.1 Å². The second-order valence-corrected chi connectivity index (χ2v) is 5.32. The van der Waals surface area contributed by atoms with Gasteiger partial charge in [-0.1, -0.05) is 6.42 Å². The summed E-state index contributed by atoms with van der Waals surface area (Å²) in [4.78, 5) is 18.0. The molecule has 5 nitrogen and oxygen atoms in total. The summed E-state index contributed by atoms with van der Waals surface area (Å²) in [5.74, 6) is 0.0573. The van der Waals surface area contributed by atoms with Crippen molar-refractivity contribution in [2.45, 2.75) is 38.3 Å². The van der Waals surface area contributed by atoms with Crippen LogP contribution in [0.3, 0.4) is 0 Å². The van der Waals surface area contributed by atoms with Crippen molar-refractivity contribution >= 4 is 18.3 Å². The summed E-state index contributed by atoms with van der Waals surface area (Å²) >= 11 is 0. The van der Waals surface area contributed by atoms with Gasteiger partial charge in [-0.15, -0.1) is 12.4 Å². The third kappa shape index (κ3) is 5.99. The van der Waals surface area contributed by atoms with Crippen LogP contribution in [0.15, 0.2) is 24.5 Å². The van der Waals surface area contributed by atoms with Crippen LogP contribution >= 0.6 is 12.4 Å². The number of carbonyl (C=O) groups is 1. The van der Waals surface area contributed by atoms with Gasteiger partial charge in [0, 0.05) is 44.5 Å². The molecule has 1 saturated heterocycles. The first kappa shape index (κ1) is 17.9. The molecule has 1 amide bonds. The van der Waals surface area contributed by atoms with Crippen molar-refractivity contribution in [2.24, 2.45) is 5.73 Å². The summed E-state index contributed by atoms with van der Waals surface area (Å²) in [6, 6.07) is 4.54. The van der Waals surface area contributed by atoms with Crippen LogP contribution in [-0.2, 0) is 11.3 Å². The lowest BCUT2D eigenvalue weighted by Crippen LogP contribution is -2.46. The Labute approximate surface area is 132 Å². The van der Waals surface area contributed by atoms with Gasteiger partial charge in [-0.2, -0.15) is 0 Å². The molecule has 1 aromatic heterocycles. The second-order valence-electron chi connectivity index (χ2n) is 5.32. The number of hydrogen-bond donors (Lipinski definition) is 2. The third-order valence-corrected chi connectivity index (χ3v) is 3.79. The average Bonchev–Trinajstić information content (AvgIpc) is 2.48. The number of likely N-dealkylation sites (tertiary alicyclic amines) is 1. The molecule has 0 aromatic carbocycles. The molecular formula is C15H25ClN4O. The van der Waals surface area contributed by atoms with E-state index in [0.717, 1.165) is 26.1 Å². The van der Waals surface area contributed by atoms with Crippen molar-refractivity contribution in [1.82, 2.24) is 15.2 Å². The first-order valence-electron chi connectivity index (χ1n) is 7.39. The largest absolute Gasteiger partial charge is 0.354 e. The number of pyridine rings is 1. The van der Waals surface area contributed by atoms with Crippen LogP contribution in [0.1, 0.15) is 31.2 Å². The summed E-state index contributed by atoms with van der Waals surface area (Å²) in [6.07, 6.45) is 7.70. The van der Waals surface area contributed by atoms with Crippen molar-refractivity contribution in [3.05, 3.63) is 30.1 Å². The maximum absolute atomic E-state index is 11.5. The second kappa shape index (κ2) is 9.71. The van der Waals surface area contributed by atoms with Crippen LogP contribution in [0, 0.1) is 0 Å². The normalized spacial score (nSPS) is 18.8. The Kier molecular flexibility index (Phi) is 8.27. The number of nitrogens with one attached hydrogen (secondary N) is 1.